The van der Waals surface area contributed by atoms with Gasteiger partial charge < -0.3 is 5.32 Å². The summed E-state index contributed by atoms with van der Waals surface area (Å²) in [4.78, 5) is 1.35. The topological polar surface area (TPSA) is 37.8 Å². The van der Waals surface area contributed by atoms with E-state index in [4.69, 9.17) is 0 Å². The molecule has 0 aliphatic carbocycles. The fourth-order valence-electron chi connectivity index (χ4n) is 2.00. The minimum Gasteiger partial charge on any atom is -0.304 e. The van der Waals surface area contributed by atoms with Crippen LogP contribution >= 0.6 is 11.3 Å². The predicted molar refractivity (Wildman–Crippen MR) is 79.1 cm³/mol. The number of hydrogen-bond acceptors (Lipinski definition) is 4. The molecule has 19 heavy (non-hydrogen) atoms. The van der Waals surface area contributed by atoms with Crippen LogP contribution in [0.5, 0.6) is 0 Å². The lowest BCUT2D eigenvalue weighted by atomic mass is 10.2. The molecule has 1 aromatic carbocycles. The highest BCUT2D eigenvalue weighted by Crippen LogP contribution is 2.29. The second kappa shape index (κ2) is 5.47. The van der Waals surface area contributed by atoms with Crippen molar-refractivity contribution >= 4 is 21.4 Å². The first-order chi connectivity index (χ1) is 9.33. The molecule has 2 aromatic heterocycles. The molecule has 0 saturated carbocycles. The monoisotopic (exact) mass is 269 g/mol. The Hall–Kier alpha value is -1.78. The molecule has 3 aromatic rings. The van der Waals surface area contributed by atoms with Crippen molar-refractivity contribution in [3.63, 3.8) is 0 Å². The van der Waals surface area contributed by atoms with Crippen LogP contribution < -0.4 is 5.32 Å². The molecule has 0 aliphatic rings. The fraction of sp³-hybridized carbons (Fsp3) is 0.200. The molecule has 1 unspecified atom stereocenters. The molecular weight excluding hydrogens is 254 g/mol. The molecule has 3 rings (SSSR count). The number of aromatic nitrogens is 2. The number of rotatable bonds is 4. The zero-order valence-electron chi connectivity index (χ0n) is 10.7. The number of nitrogens with zero attached hydrogens (tertiary/aromatic N) is 2. The van der Waals surface area contributed by atoms with Crippen LogP contribution in [-0.2, 0) is 6.54 Å². The molecule has 0 saturated heterocycles. The van der Waals surface area contributed by atoms with Crippen LogP contribution in [0, 0.1) is 0 Å². The maximum absolute atomic E-state index is 4.08. The summed E-state index contributed by atoms with van der Waals surface area (Å²) < 4.78 is 1.34. The highest BCUT2D eigenvalue weighted by molar-refractivity contribution is 7.19. The second-order valence-corrected chi connectivity index (χ2v) is 5.62. The molecule has 1 N–H and O–H groups in total. The molecule has 0 amide bonds. The Morgan fingerprint density at radius 2 is 2.11 bits per heavy atom. The van der Waals surface area contributed by atoms with E-state index in [1.807, 2.05) is 23.5 Å². The molecule has 0 bridgehead atoms. The number of hydrogen-bond donors (Lipinski definition) is 1. The Morgan fingerprint density at radius 3 is 2.89 bits per heavy atom. The molecule has 0 spiro atoms. The summed E-state index contributed by atoms with van der Waals surface area (Å²) in [5.74, 6) is 0. The van der Waals surface area contributed by atoms with Gasteiger partial charge in [-0.2, -0.15) is 10.2 Å². The Bertz CT molecular complexity index is 630. The smallest absolute Gasteiger partial charge is 0.0769 e. The second-order valence-electron chi connectivity index (χ2n) is 4.50. The van der Waals surface area contributed by atoms with Gasteiger partial charge in [-0.05, 0) is 36.6 Å². The van der Waals surface area contributed by atoms with Crippen LogP contribution in [0.4, 0.5) is 0 Å². The number of thiophene rings is 1. The Balaban J connectivity index is 1.71. The molecule has 0 aliphatic heterocycles. The zero-order chi connectivity index (χ0) is 13.1. The van der Waals surface area contributed by atoms with Gasteiger partial charge in [-0.1, -0.05) is 18.2 Å². The summed E-state index contributed by atoms with van der Waals surface area (Å²) in [5.41, 5.74) is 0.968. The van der Waals surface area contributed by atoms with E-state index < -0.39 is 0 Å². The van der Waals surface area contributed by atoms with E-state index in [-0.39, 0.29) is 0 Å². The van der Waals surface area contributed by atoms with E-state index in [1.165, 1.54) is 15.0 Å². The van der Waals surface area contributed by atoms with Crippen LogP contribution in [-0.4, -0.2) is 10.2 Å². The molecule has 2 heterocycles. The van der Waals surface area contributed by atoms with Crippen LogP contribution in [0.3, 0.4) is 0 Å². The minimum absolute atomic E-state index is 0.319. The maximum Gasteiger partial charge on any atom is 0.0769 e. The average molecular weight is 269 g/mol. The lowest BCUT2D eigenvalue weighted by Crippen LogP contribution is -2.18. The van der Waals surface area contributed by atoms with Crippen molar-refractivity contribution in [1.82, 2.24) is 15.5 Å². The molecule has 0 fully saturated rings. The maximum atomic E-state index is 4.08. The lowest BCUT2D eigenvalue weighted by molar-refractivity contribution is 0.572. The Labute approximate surface area is 116 Å². The van der Waals surface area contributed by atoms with E-state index in [9.17, 15) is 0 Å². The van der Waals surface area contributed by atoms with Crippen molar-refractivity contribution in [3.8, 4) is 0 Å². The summed E-state index contributed by atoms with van der Waals surface area (Å²) in [7, 11) is 0. The fourth-order valence-corrected chi connectivity index (χ4v) is 3.09. The summed E-state index contributed by atoms with van der Waals surface area (Å²) in [6.45, 7) is 2.92. The van der Waals surface area contributed by atoms with E-state index in [0.717, 1.165) is 12.2 Å². The van der Waals surface area contributed by atoms with Gasteiger partial charge in [0.25, 0.3) is 0 Å². The van der Waals surface area contributed by atoms with Gasteiger partial charge in [0.1, 0.15) is 0 Å². The minimum atomic E-state index is 0.319. The highest BCUT2D eigenvalue weighted by Gasteiger charge is 2.09. The average Bonchev–Trinajstić information content (AvgIpc) is 2.90. The van der Waals surface area contributed by atoms with E-state index >= 15 is 0 Å². The normalized spacial score (nSPS) is 12.7. The van der Waals surface area contributed by atoms with Gasteiger partial charge in [-0.25, -0.2) is 0 Å². The highest BCUT2D eigenvalue weighted by atomic mass is 32.1. The first kappa shape index (κ1) is 12.3. The summed E-state index contributed by atoms with van der Waals surface area (Å²) in [5, 5.41) is 12.8. The SMILES string of the molecule is CC(NCc1cccnn1)c1cc2ccccc2s1. The summed E-state index contributed by atoms with van der Waals surface area (Å²) in [6.07, 6.45) is 1.69. The summed E-state index contributed by atoms with van der Waals surface area (Å²) in [6, 6.07) is 15.0. The Morgan fingerprint density at radius 1 is 1.21 bits per heavy atom. The standard InChI is InChI=1S/C15H15N3S/c1-11(16-10-13-6-4-8-17-18-13)15-9-12-5-2-3-7-14(12)19-15/h2-9,11,16H,10H2,1H3. The molecule has 0 radical (unpaired) electrons. The van der Waals surface area contributed by atoms with E-state index in [1.54, 1.807) is 6.20 Å². The van der Waals surface area contributed by atoms with Gasteiger partial charge in [0.2, 0.25) is 0 Å². The molecular formula is C15H15N3S. The molecule has 3 nitrogen and oxygen atoms in total. The quantitative estimate of drug-likeness (QED) is 0.787. The van der Waals surface area contributed by atoms with Crippen LogP contribution in [0.15, 0.2) is 48.7 Å². The van der Waals surface area contributed by atoms with Crippen LogP contribution in [0.25, 0.3) is 10.1 Å². The van der Waals surface area contributed by atoms with Crippen molar-refractivity contribution in [3.05, 3.63) is 59.2 Å². The predicted octanol–water partition coefficient (Wildman–Crippen LogP) is 3.54. The number of nitrogens with one attached hydrogen (secondary N) is 1. The van der Waals surface area contributed by atoms with Gasteiger partial charge >= 0.3 is 0 Å². The first-order valence-corrected chi connectivity index (χ1v) is 7.13. The number of benzene rings is 1. The van der Waals surface area contributed by atoms with Gasteiger partial charge in [0, 0.05) is 28.4 Å². The van der Waals surface area contributed by atoms with Crippen molar-refractivity contribution in [2.45, 2.75) is 19.5 Å². The van der Waals surface area contributed by atoms with Gasteiger partial charge in [0.15, 0.2) is 0 Å². The third-order valence-corrected chi connectivity index (χ3v) is 4.39. The largest absolute Gasteiger partial charge is 0.304 e. The Kier molecular flexibility index (Phi) is 3.53. The van der Waals surface area contributed by atoms with Crippen molar-refractivity contribution in [1.29, 1.82) is 0 Å². The summed E-state index contributed by atoms with van der Waals surface area (Å²) >= 11 is 1.84. The first-order valence-electron chi connectivity index (χ1n) is 6.31. The van der Waals surface area contributed by atoms with Crippen LogP contribution in [0.2, 0.25) is 0 Å². The van der Waals surface area contributed by atoms with Crippen molar-refractivity contribution in [2.75, 3.05) is 0 Å². The van der Waals surface area contributed by atoms with Gasteiger partial charge in [-0.3, -0.25) is 0 Å². The lowest BCUT2D eigenvalue weighted by Gasteiger charge is -2.10. The van der Waals surface area contributed by atoms with Gasteiger partial charge in [-0.15, -0.1) is 11.3 Å². The third-order valence-electron chi connectivity index (χ3n) is 3.09. The molecule has 96 valence electrons. The number of fused-ring (bicyclic) bond motifs is 1. The van der Waals surface area contributed by atoms with Crippen LogP contribution in [0.1, 0.15) is 23.5 Å². The van der Waals surface area contributed by atoms with E-state index in [0.29, 0.717) is 6.04 Å². The third kappa shape index (κ3) is 2.80. The van der Waals surface area contributed by atoms with Crippen molar-refractivity contribution in [2.24, 2.45) is 0 Å². The zero-order valence-corrected chi connectivity index (χ0v) is 11.5. The molecule has 1 atom stereocenters. The van der Waals surface area contributed by atoms with Crippen molar-refractivity contribution < 1.29 is 0 Å². The van der Waals surface area contributed by atoms with E-state index in [2.05, 4.69) is 52.8 Å². The van der Waals surface area contributed by atoms with Gasteiger partial charge in [0.05, 0.1) is 5.69 Å². The molecule has 4 heteroatoms.